The summed E-state index contributed by atoms with van der Waals surface area (Å²) >= 11 is 1.60. The van der Waals surface area contributed by atoms with Crippen molar-refractivity contribution < 1.29 is 9.59 Å². The number of amides is 2. The third kappa shape index (κ3) is 4.06. The minimum atomic E-state index is 0. The molecular weight excluding hydrogens is 492 g/mol. The van der Waals surface area contributed by atoms with E-state index in [9.17, 15) is 9.59 Å². The predicted octanol–water partition coefficient (Wildman–Crippen LogP) is 4.68. The summed E-state index contributed by atoms with van der Waals surface area (Å²) in [4.78, 5) is 33.4. The van der Waals surface area contributed by atoms with Gasteiger partial charge in [0.25, 0.3) is 0 Å². The van der Waals surface area contributed by atoms with Crippen molar-refractivity contribution in [1.82, 2.24) is 14.2 Å². The van der Waals surface area contributed by atoms with Gasteiger partial charge in [0.05, 0.1) is 16.5 Å². The van der Waals surface area contributed by atoms with Gasteiger partial charge in [-0.2, -0.15) is 4.37 Å². The molecule has 0 radical (unpaired) electrons. The topological polar surface area (TPSA) is 56.8 Å². The van der Waals surface area contributed by atoms with Crippen molar-refractivity contribution in [2.45, 2.75) is 44.9 Å². The summed E-state index contributed by atoms with van der Waals surface area (Å²) in [6, 6.07) is 8.54. The maximum Gasteiger partial charge on any atom is 0.233 e. The van der Waals surface area contributed by atoms with Crippen molar-refractivity contribution in [3.8, 4) is 0 Å². The van der Waals surface area contributed by atoms with Gasteiger partial charge in [-0.05, 0) is 79.4 Å². The normalized spacial score (nSPS) is 34.4. The molecule has 6 atom stereocenters. The Kier molecular flexibility index (Phi) is 6.76. The third-order valence-corrected chi connectivity index (χ3v) is 10.8. The summed E-state index contributed by atoms with van der Waals surface area (Å²) in [6.07, 6.45) is 8.35. The molecule has 2 aromatic rings. The highest BCUT2D eigenvalue weighted by Crippen LogP contribution is 2.56. The Bertz CT molecular complexity index is 1100. The van der Waals surface area contributed by atoms with Crippen LogP contribution in [0.5, 0.6) is 0 Å². The number of likely N-dealkylation sites (tertiary alicyclic amines) is 1. The van der Waals surface area contributed by atoms with E-state index in [-0.39, 0.29) is 36.1 Å². The second-order valence-electron chi connectivity index (χ2n) is 11.8. The first-order chi connectivity index (χ1) is 17.2. The summed E-state index contributed by atoms with van der Waals surface area (Å²) in [5.74, 6) is 3.59. The van der Waals surface area contributed by atoms with Crippen LogP contribution in [0.1, 0.15) is 44.9 Å². The number of carbonyl (C=O) groups excluding carboxylic acids is 2. The Balaban J connectivity index is 0.00000240. The van der Waals surface area contributed by atoms with Crippen LogP contribution in [0.15, 0.2) is 24.3 Å². The molecule has 5 aliphatic rings. The molecule has 6 nitrogen and oxygen atoms in total. The highest BCUT2D eigenvalue weighted by Gasteiger charge is 2.61. The SMILES string of the molecule is Cl.O=C1[C@@H]2[C@@H]3CC[C@H](C3)[C@@H]2C(=O)N1C[C@@H]1CCCC[C@H]1CN1CCN(c2nsc3ccccc23)CC1. The van der Waals surface area contributed by atoms with Crippen LogP contribution < -0.4 is 4.90 Å². The highest BCUT2D eigenvalue weighted by atomic mass is 35.5. The van der Waals surface area contributed by atoms with E-state index in [2.05, 4.69) is 34.1 Å². The first-order valence-corrected chi connectivity index (χ1v) is 14.6. The van der Waals surface area contributed by atoms with E-state index >= 15 is 0 Å². The fourth-order valence-electron chi connectivity index (χ4n) is 8.22. The molecule has 36 heavy (non-hydrogen) atoms. The Morgan fingerprint density at radius 2 is 1.47 bits per heavy atom. The minimum absolute atomic E-state index is 0. The van der Waals surface area contributed by atoms with E-state index in [1.54, 1.807) is 16.4 Å². The van der Waals surface area contributed by atoms with Gasteiger partial charge in [0.2, 0.25) is 11.8 Å². The number of anilines is 1. The Hall–Kier alpha value is -1.70. The third-order valence-electron chi connectivity index (χ3n) is 10.0. The van der Waals surface area contributed by atoms with E-state index < -0.39 is 0 Å². The van der Waals surface area contributed by atoms with Gasteiger partial charge in [-0.25, -0.2) is 0 Å². The standard InChI is InChI=1S/C28H36N4O2S.ClH/c33-27-24-18-9-10-19(15-18)25(24)28(34)32(27)17-21-6-2-1-5-20(21)16-30-11-13-31(14-12-30)26-22-7-3-4-8-23(22)35-29-26;/h3-4,7-8,18-21,24-25H,1-2,5-6,9-17H2;1H/t18-,19-,20+,21+,24-,25+;/m1./s1. The molecule has 1 aromatic carbocycles. The zero-order valence-electron chi connectivity index (χ0n) is 20.9. The number of fused-ring (bicyclic) bond motifs is 6. The number of hydrogen-bond donors (Lipinski definition) is 0. The number of nitrogens with zero attached hydrogens (tertiary/aromatic N) is 4. The summed E-state index contributed by atoms with van der Waals surface area (Å²) in [6.45, 7) is 5.93. The lowest BCUT2D eigenvalue weighted by Crippen LogP contribution is -2.49. The smallest absolute Gasteiger partial charge is 0.233 e. The van der Waals surface area contributed by atoms with E-state index in [1.165, 1.54) is 29.3 Å². The van der Waals surface area contributed by atoms with Crippen molar-refractivity contribution in [3.63, 3.8) is 0 Å². The number of halogens is 1. The molecule has 0 spiro atoms. The lowest BCUT2D eigenvalue weighted by Gasteiger charge is -2.40. The Morgan fingerprint density at radius 3 is 2.17 bits per heavy atom. The van der Waals surface area contributed by atoms with E-state index in [4.69, 9.17) is 4.37 Å². The largest absolute Gasteiger partial charge is 0.353 e. The quantitative estimate of drug-likeness (QED) is 0.527. The molecule has 2 aliphatic heterocycles. The molecule has 3 saturated carbocycles. The maximum atomic E-state index is 13.3. The first kappa shape index (κ1) is 24.6. The number of benzene rings is 1. The number of aromatic nitrogens is 1. The zero-order valence-corrected chi connectivity index (χ0v) is 22.5. The van der Waals surface area contributed by atoms with Gasteiger partial charge < -0.3 is 4.90 Å². The van der Waals surface area contributed by atoms with Gasteiger partial charge >= 0.3 is 0 Å². The van der Waals surface area contributed by atoms with Crippen molar-refractivity contribution in [3.05, 3.63) is 24.3 Å². The van der Waals surface area contributed by atoms with Gasteiger partial charge in [0.1, 0.15) is 5.82 Å². The van der Waals surface area contributed by atoms with Crippen LogP contribution in [0, 0.1) is 35.5 Å². The van der Waals surface area contributed by atoms with E-state index in [1.807, 2.05) is 0 Å². The molecule has 7 rings (SSSR count). The summed E-state index contributed by atoms with van der Waals surface area (Å²) in [7, 11) is 0. The van der Waals surface area contributed by atoms with Gasteiger partial charge in [-0.3, -0.25) is 19.4 Å². The van der Waals surface area contributed by atoms with Crippen LogP contribution in [0.3, 0.4) is 0 Å². The molecule has 3 aliphatic carbocycles. The van der Waals surface area contributed by atoms with Crippen LogP contribution in [-0.2, 0) is 9.59 Å². The molecular formula is C28H37ClN4O2S. The van der Waals surface area contributed by atoms with Crippen LogP contribution in [-0.4, -0.2) is 65.3 Å². The summed E-state index contributed by atoms with van der Waals surface area (Å²) < 4.78 is 6.02. The number of carbonyl (C=O) groups is 2. The number of hydrogen-bond acceptors (Lipinski definition) is 6. The van der Waals surface area contributed by atoms with Crippen molar-refractivity contribution >= 4 is 51.7 Å². The monoisotopic (exact) mass is 528 g/mol. The molecule has 5 fully saturated rings. The molecule has 2 amide bonds. The lowest BCUT2D eigenvalue weighted by atomic mass is 9.78. The fraction of sp³-hybridized carbons (Fsp3) is 0.679. The summed E-state index contributed by atoms with van der Waals surface area (Å²) in [5, 5.41) is 1.27. The predicted molar refractivity (Wildman–Crippen MR) is 145 cm³/mol. The second-order valence-corrected chi connectivity index (χ2v) is 12.6. The van der Waals surface area contributed by atoms with Gasteiger partial charge in [0.15, 0.2) is 0 Å². The van der Waals surface area contributed by atoms with E-state index in [0.717, 1.165) is 64.2 Å². The molecule has 0 N–H and O–H groups in total. The fourth-order valence-corrected chi connectivity index (χ4v) is 9.02. The van der Waals surface area contributed by atoms with Crippen molar-refractivity contribution in [2.24, 2.45) is 35.5 Å². The number of piperazine rings is 1. The molecule has 194 valence electrons. The van der Waals surface area contributed by atoms with Gasteiger partial charge in [-0.1, -0.05) is 25.0 Å². The highest BCUT2D eigenvalue weighted by molar-refractivity contribution is 7.13. The van der Waals surface area contributed by atoms with Gasteiger partial charge in [0, 0.05) is 44.7 Å². The first-order valence-electron chi connectivity index (χ1n) is 13.8. The zero-order chi connectivity index (χ0) is 23.5. The molecule has 2 saturated heterocycles. The van der Waals surface area contributed by atoms with Crippen molar-refractivity contribution in [1.29, 1.82) is 0 Å². The van der Waals surface area contributed by atoms with Crippen LogP contribution in [0.25, 0.3) is 10.1 Å². The number of imide groups is 1. The lowest BCUT2D eigenvalue weighted by molar-refractivity contribution is -0.142. The average Bonchev–Trinajstić information content (AvgIpc) is 3.66. The second kappa shape index (κ2) is 9.88. The minimum Gasteiger partial charge on any atom is -0.353 e. The van der Waals surface area contributed by atoms with Gasteiger partial charge in [-0.15, -0.1) is 12.4 Å². The number of rotatable bonds is 5. The van der Waals surface area contributed by atoms with Crippen LogP contribution in [0.2, 0.25) is 0 Å². The molecule has 1 aromatic heterocycles. The molecule has 3 heterocycles. The maximum absolute atomic E-state index is 13.3. The van der Waals surface area contributed by atoms with Crippen molar-refractivity contribution in [2.75, 3.05) is 44.2 Å². The van der Waals surface area contributed by atoms with Crippen LogP contribution in [0.4, 0.5) is 5.82 Å². The Labute approximate surface area is 224 Å². The van der Waals surface area contributed by atoms with Crippen LogP contribution >= 0.6 is 23.9 Å². The average molecular weight is 529 g/mol. The molecule has 8 heteroatoms. The summed E-state index contributed by atoms with van der Waals surface area (Å²) in [5.41, 5.74) is 0. The Morgan fingerprint density at radius 1 is 0.833 bits per heavy atom. The molecule has 2 bridgehead atoms. The molecule has 0 unspecified atom stereocenters. The van der Waals surface area contributed by atoms with E-state index in [0.29, 0.717) is 30.2 Å².